The topological polar surface area (TPSA) is 40.5 Å². The molecule has 3 nitrogen and oxygen atoms in total. The molecule has 0 amide bonds. The van der Waals surface area contributed by atoms with Gasteiger partial charge in [0, 0.05) is 12.2 Å². The molecule has 0 spiro atoms. The van der Waals surface area contributed by atoms with Gasteiger partial charge in [0.2, 0.25) is 0 Å². The summed E-state index contributed by atoms with van der Waals surface area (Å²) in [6.07, 6.45) is 0.962. The van der Waals surface area contributed by atoms with Gasteiger partial charge in [-0.15, -0.1) is 0 Å². The second kappa shape index (κ2) is 3.09. The standard InChI is InChI=1S/C10H11NO2/c12-10(13)7-11-6-5-8-3-1-2-4-9(8)11/h1-4H,5-7H2,(H,12,13). The number of fused-ring (bicyclic) bond motifs is 1. The van der Waals surface area contributed by atoms with Crippen LogP contribution in [0.15, 0.2) is 24.3 Å². The lowest BCUT2D eigenvalue weighted by Gasteiger charge is -2.15. The predicted molar refractivity (Wildman–Crippen MR) is 50.0 cm³/mol. The summed E-state index contributed by atoms with van der Waals surface area (Å²) in [6, 6.07) is 7.96. The quantitative estimate of drug-likeness (QED) is 0.736. The Labute approximate surface area is 76.6 Å². The maximum atomic E-state index is 10.5. The number of carboxylic acids is 1. The van der Waals surface area contributed by atoms with Gasteiger partial charge in [0.25, 0.3) is 0 Å². The van der Waals surface area contributed by atoms with Crippen molar-refractivity contribution in [1.82, 2.24) is 0 Å². The number of carboxylic acid groups (broad SMARTS) is 1. The molecule has 0 atom stereocenters. The van der Waals surface area contributed by atoms with Crippen molar-refractivity contribution >= 4 is 11.7 Å². The van der Waals surface area contributed by atoms with E-state index in [-0.39, 0.29) is 6.54 Å². The van der Waals surface area contributed by atoms with Crippen LogP contribution in [-0.2, 0) is 11.2 Å². The lowest BCUT2D eigenvalue weighted by molar-refractivity contribution is -0.135. The number of carbonyl (C=O) groups is 1. The Hall–Kier alpha value is -1.51. The fourth-order valence-electron chi connectivity index (χ4n) is 1.73. The van der Waals surface area contributed by atoms with E-state index in [9.17, 15) is 4.79 Å². The highest BCUT2D eigenvalue weighted by Crippen LogP contribution is 2.26. The second-order valence-electron chi connectivity index (χ2n) is 3.19. The number of hydrogen-bond acceptors (Lipinski definition) is 2. The van der Waals surface area contributed by atoms with E-state index in [1.165, 1.54) is 5.56 Å². The molecule has 68 valence electrons. The molecule has 0 radical (unpaired) electrons. The van der Waals surface area contributed by atoms with E-state index in [0.717, 1.165) is 18.7 Å². The van der Waals surface area contributed by atoms with Crippen molar-refractivity contribution in [1.29, 1.82) is 0 Å². The van der Waals surface area contributed by atoms with Gasteiger partial charge in [-0.25, -0.2) is 0 Å². The average molecular weight is 177 g/mol. The summed E-state index contributed by atoms with van der Waals surface area (Å²) in [7, 11) is 0. The van der Waals surface area contributed by atoms with Crippen molar-refractivity contribution in [3.05, 3.63) is 29.8 Å². The van der Waals surface area contributed by atoms with Crippen LogP contribution >= 0.6 is 0 Å². The number of nitrogens with zero attached hydrogens (tertiary/aromatic N) is 1. The van der Waals surface area contributed by atoms with Crippen LogP contribution in [0.1, 0.15) is 5.56 Å². The van der Waals surface area contributed by atoms with E-state index in [4.69, 9.17) is 5.11 Å². The molecule has 1 heterocycles. The molecule has 0 aromatic heterocycles. The third-order valence-electron chi connectivity index (χ3n) is 2.31. The lowest BCUT2D eigenvalue weighted by Crippen LogP contribution is -2.27. The van der Waals surface area contributed by atoms with E-state index in [0.29, 0.717) is 0 Å². The van der Waals surface area contributed by atoms with Gasteiger partial charge in [-0.3, -0.25) is 4.79 Å². The maximum absolute atomic E-state index is 10.5. The first kappa shape index (κ1) is 8.10. The van der Waals surface area contributed by atoms with E-state index in [1.54, 1.807) is 0 Å². The van der Waals surface area contributed by atoms with Crippen molar-refractivity contribution in [2.24, 2.45) is 0 Å². The third kappa shape index (κ3) is 1.49. The highest BCUT2D eigenvalue weighted by Gasteiger charge is 2.19. The van der Waals surface area contributed by atoms with Crippen LogP contribution in [0.3, 0.4) is 0 Å². The Morgan fingerprint density at radius 1 is 1.46 bits per heavy atom. The summed E-state index contributed by atoms with van der Waals surface area (Å²) >= 11 is 0. The fraction of sp³-hybridized carbons (Fsp3) is 0.300. The largest absolute Gasteiger partial charge is 0.480 e. The Bertz CT molecular complexity index is 335. The number of hydrogen-bond donors (Lipinski definition) is 1. The Morgan fingerprint density at radius 2 is 2.23 bits per heavy atom. The van der Waals surface area contributed by atoms with E-state index in [2.05, 4.69) is 6.07 Å². The van der Waals surface area contributed by atoms with Gasteiger partial charge in [0.1, 0.15) is 6.54 Å². The summed E-state index contributed by atoms with van der Waals surface area (Å²) in [5.41, 5.74) is 2.33. The number of aliphatic carboxylic acids is 1. The summed E-state index contributed by atoms with van der Waals surface area (Å²) in [5, 5.41) is 8.66. The average Bonchev–Trinajstić information content (AvgIpc) is 2.48. The zero-order valence-electron chi connectivity index (χ0n) is 7.23. The minimum atomic E-state index is -0.767. The molecule has 1 N–H and O–H groups in total. The van der Waals surface area contributed by atoms with Crippen LogP contribution in [0.25, 0.3) is 0 Å². The molecule has 1 aromatic carbocycles. The molecule has 1 aliphatic heterocycles. The Kier molecular flexibility index (Phi) is 1.93. The first-order valence-electron chi connectivity index (χ1n) is 4.32. The van der Waals surface area contributed by atoms with Crippen LogP contribution in [0.4, 0.5) is 5.69 Å². The molecule has 0 aliphatic carbocycles. The number of anilines is 1. The van der Waals surface area contributed by atoms with E-state index in [1.807, 2.05) is 23.1 Å². The number of rotatable bonds is 2. The van der Waals surface area contributed by atoms with Crippen LogP contribution in [-0.4, -0.2) is 24.2 Å². The van der Waals surface area contributed by atoms with Crippen molar-refractivity contribution in [2.75, 3.05) is 18.0 Å². The smallest absolute Gasteiger partial charge is 0.323 e. The van der Waals surface area contributed by atoms with Gasteiger partial charge in [0.15, 0.2) is 0 Å². The minimum Gasteiger partial charge on any atom is -0.480 e. The predicted octanol–water partition coefficient (Wildman–Crippen LogP) is 1.13. The summed E-state index contributed by atoms with van der Waals surface area (Å²) in [5.74, 6) is -0.767. The van der Waals surface area contributed by atoms with Crippen molar-refractivity contribution < 1.29 is 9.90 Å². The second-order valence-corrected chi connectivity index (χ2v) is 3.19. The third-order valence-corrected chi connectivity index (χ3v) is 2.31. The van der Waals surface area contributed by atoms with Gasteiger partial charge >= 0.3 is 5.97 Å². The zero-order chi connectivity index (χ0) is 9.26. The minimum absolute atomic E-state index is 0.108. The molecule has 2 rings (SSSR count). The molecule has 13 heavy (non-hydrogen) atoms. The molecule has 0 unspecified atom stereocenters. The van der Waals surface area contributed by atoms with Crippen molar-refractivity contribution in [2.45, 2.75) is 6.42 Å². The maximum Gasteiger partial charge on any atom is 0.323 e. The Balaban J connectivity index is 2.23. The van der Waals surface area contributed by atoms with Gasteiger partial charge in [-0.2, -0.15) is 0 Å². The lowest BCUT2D eigenvalue weighted by atomic mass is 10.2. The van der Waals surface area contributed by atoms with Gasteiger partial charge in [-0.1, -0.05) is 18.2 Å². The van der Waals surface area contributed by atoms with Gasteiger partial charge < -0.3 is 10.0 Å². The van der Waals surface area contributed by atoms with Crippen molar-refractivity contribution in [3.8, 4) is 0 Å². The summed E-state index contributed by atoms with van der Waals surface area (Å²) < 4.78 is 0. The molecular weight excluding hydrogens is 166 g/mol. The van der Waals surface area contributed by atoms with Crippen LogP contribution in [0, 0.1) is 0 Å². The SMILES string of the molecule is O=C(O)CN1CCc2ccccc21. The molecule has 0 saturated heterocycles. The first-order valence-corrected chi connectivity index (χ1v) is 4.32. The molecule has 1 aliphatic rings. The van der Waals surface area contributed by atoms with E-state index < -0.39 is 5.97 Å². The summed E-state index contributed by atoms with van der Waals surface area (Å²) in [6.45, 7) is 0.933. The van der Waals surface area contributed by atoms with Gasteiger partial charge in [0.05, 0.1) is 0 Å². The van der Waals surface area contributed by atoms with Crippen LogP contribution in [0.2, 0.25) is 0 Å². The molecule has 0 saturated carbocycles. The highest BCUT2D eigenvalue weighted by molar-refractivity contribution is 5.75. The van der Waals surface area contributed by atoms with Crippen LogP contribution < -0.4 is 4.90 Å². The Morgan fingerprint density at radius 3 is 3.00 bits per heavy atom. The fourth-order valence-corrected chi connectivity index (χ4v) is 1.73. The molecule has 3 heteroatoms. The van der Waals surface area contributed by atoms with Crippen LogP contribution in [0.5, 0.6) is 0 Å². The van der Waals surface area contributed by atoms with Crippen molar-refractivity contribution in [3.63, 3.8) is 0 Å². The first-order chi connectivity index (χ1) is 6.27. The number of para-hydroxylation sites is 1. The zero-order valence-corrected chi connectivity index (χ0v) is 7.23. The van der Waals surface area contributed by atoms with E-state index >= 15 is 0 Å². The molecule has 0 fully saturated rings. The normalized spacial score (nSPS) is 14.3. The monoisotopic (exact) mass is 177 g/mol. The molecule has 1 aromatic rings. The molecule has 0 bridgehead atoms. The number of benzene rings is 1. The molecular formula is C10H11NO2. The highest BCUT2D eigenvalue weighted by atomic mass is 16.4. The van der Waals surface area contributed by atoms with Gasteiger partial charge in [-0.05, 0) is 18.1 Å². The summed E-state index contributed by atoms with van der Waals surface area (Å²) in [4.78, 5) is 12.4.